The van der Waals surface area contributed by atoms with Gasteiger partial charge in [-0.2, -0.15) is 0 Å². The van der Waals surface area contributed by atoms with E-state index in [1.807, 2.05) is 58.0 Å². The van der Waals surface area contributed by atoms with E-state index in [1.54, 1.807) is 24.3 Å². The highest BCUT2D eigenvalue weighted by atomic mass is 16.2. The maximum absolute atomic E-state index is 12.8. The molecule has 0 fully saturated rings. The van der Waals surface area contributed by atoms with Crippen LogP contribution < -0.4 is 21.3 Å². The zero-order chi connectivity index (χ0) is 22.1. The van der Waals surface area contributed by atoms with Crippen LogP contribution >= 0.6 is 0 Å². The smallest absolute Gasteiger partial charge is 0.315 e. The van der Waals surface area contributed by atoms with Gasteiger partial charge >= 0.3 is 6.03 Å². The summed E-state index contributed by atoms with van der Waals surface area (Å²) in [7, 11) is 0. The van der Waals surface area contributed by atoms with Gasteiger partial charge in [0.1, 0.15) is 6.04 Å². The SMILES string of the molecule is CC(C)C(=O)Nc1cccc(NC(=O)C(NC(=O)NCc2ccccc2)C(C)C)c1. The first-order valence-corrected chi connectivity index (χ1v) is 10.1. The second-order valence-corrected chi connectivity index (χ2v) is 7.75. The molecule has 0 heterocycles. The summed E-state index contributed by atoms with van der Waals surface area (Å²) in [6.07, 6.45) is 0. The Labute approximate surface area is 177 Å². The lowest BCUT2D eigenvalue weighted by Crippen LogP contribution is -2.50. The van der Waals surface area contributed by atoms with Gasteiger partial charge in [0.2, 0.25) is 11.8 Å². The van der Waals surface area contributed by atoms with Gasteiger partial charge in [-0.1, -0.05) is 64.1 Å². The summed E-state index contributed by atoms with van der Waals surface area (Å²) in [5.41, 5.74) is 2.11. The van der Waals surface area contributed by atoms with Gasteiger partial charge in [0, 0.05) is 23.8 Å². The van der Waals surface area contributed by atoms with Crippen molar-refractivity contribution in [3.63, 3.8) is 0 Å². The first kappa shape index (κ1) is 22.9. The van der Waals surface area contributed by atoms with Crippen molar-refractivity contribution >= 4 is 29.2 Å². The Morgan fingerprint density at radius 2 is 1.40 bits per heavy atom. The average molecular weight is 411 g/mol. The largest absolute Gasteiger partial charge is 0.334 e. The molecule has 160 valence electrons. The van der Waals surface area contributed by atoms with Crippen LogP contribution in [-0.2, 0) is 16.1 Å². The first-order valence-electron chi connectivity index (χ1n) is 10.1. The molecule has 1 unspecified atom stereocenters. The summed E-state index contributed by atoms with van der Waals surface area (Å²) in [4.78, 5) is 36.9. The molecule has 2 rings (SSSR count). The van der Waals surface area contributed by atoms with Gasteiger partial charge in [0.25, 0.3) is 0 Å². The van der Waals surface area contributed by atoms with Gasteiger partial charge < -0.3 is 21.3 Å². The second-order valence-electron chi connectivity index (χ2n) is 7.75. The van der Waals surface area contributed by atoms with Crippen molar-refractivity contribution in [1.82, 2.24) is 10.6 Å². The van der Waals surface area contributed by atoms with Crippen LogP contribution in [0.15, 0.2) is 54.6 Å². The van der Waals surface area contributed by atoms with Gasteiger partial charge in [-0.05, 0) is 29.7 Å². The van der Waals surface area contributed by atoms with Crippen LogP contribution in [0.5, 0.6) is 0 Å². The molecule has 4 amide bonds. The lowest BCUT2D eigenvalue weighted by atomic mass is 10.0. The number of urea groups is 1. The Morgan fingerprint density at radius 3 is 1.97 bits per heavy atom. The monoisotopic (exact) mass is 410 g/mol. The third-order valence-corrected chi connectivity index (χ3v) is 4.45. The molecular weight excluding hydrogens is 380 g/mol. The number of hydrogen-bond donors (Lipinski definition) is 4. The van der Waals surface area contributed by atoms with E-state index in [0.29, 0.717) is 17.9 Å². The Morgan fingerprint density at radius 1 is 0.800 bits per heavy atom. The third-order valence-electron chi connectivity index (χ3n) is 4.45. The van der Waals surface area contributed by atoms with Gasteiger partial charge in [-0.3, -0.25) is 9.59 Å². The van der Waals surface area contributed by atoms with Crippen LogP contribution in [-0.4, -0.2) is 23.9 Å². The van der Waals surface area contributed by atoms with Crippen molar-refractivity contribution in [1.29, 1.82) is 0 Å². The summed E-state index contributed by atoms with van der Waals surface area (Å²) in [6.45, 7) is 7.71. The number of carbonyl (C=O) groups is 3. The minimum atomic E-state index is -0.713. The van der Waals surface area contributed by atoms with Gasteiger partial charge in [-0.25, -0.2) is 4.79 Å². The van der Waals surface area contributed by atoms with E-state index in [2.05, 4.69) is 21.3 Å². The van der Waals surface area contributed by atoms with E-state index >= 15 is 0 Å². The van der Waals surface area contributed by atoms with Crippen LogP contribution in [0, 0.1) is 11.8 Å². The van der Waals surface area contributed by atoms with Crippen molar-refractivity contribution in [3.05, 3.63) is 60.2 Å². The quantitative estimate of drug-likeness (QED) is 0.533. The highest BCUT2D eigenvalue weighted by Crippen LogP contribution is 2.17. The molecule has 0 saturated carbocycles. The topological polar surface area (TPSA) is 99.3 Å². The van der Waals surface area contributed by atoms with Crippen molar-refractivity contribution in [3.8, 4) is 0 Å². The number of amides is 4. The molecule has 2 aromatic rings. The molecule has 2 aromatic carbocycles. The first-order chi connectivity index (χ1) is 14.3. The zero-order valence-corrected chi connectivity index (χ0v) is 17.9. The summed E-state index contributed by atoms with van der Waals surface area (Å²) in [6, 6.07) is 15.3. The maximum Gasteiger partial charge on any atom is 0.315 e. The fourth-order valence-electron chi connectivity index (χ4n) is 2.69. The molecule has 7 nitrogen and oxygen atoms in total. The minimum absolute atomic E-state index is 0.102. The fraction of sp³-hybridized carbons (Fsp3) is 0.348. The summed E-state index contributed by atoms with van der Waals surface area (Å²) in [5.74, 6) is -0.689. The predicted octanol–water partition coefficient (Wildman–Crippen LogP) is 3.74. The highest BCUT2D eigenvalue weighted by molar-refractivity contribution is 5.98. The third kappa shape index (κ3) is 7.24. The summed E-state index contributed by atoms with van der Waals surface area (Å²) < 4.78 is 0. The van der Waals surface area contributed by atoms with Crippen molar-refractivity contribution < 1.29 is 14.4 Å². The number of benzene rings is 2. The molecule has 0 aromatic heterocycles. The molecule has 0 radical (unpaired) electrons. The van der Waals surface area contributed by atoms with Crippen molar-refractivity contribution in [2.24, 2.45) is 11.8 Å². The number of carbonyl (C=O) groups excluding carboxylic acids is 3. The summed E-state index contributed by atoms with van der Waals surface area (Å²) in [5, 5.41) is 11.1. The zero-order valence-electron chi connectivity index (χ0n) is 17.9. The molecule has 0 aliphatic carbocycles. The summed E-state index contributed by atoms with van der Waals surface area (Å²) >= 11 is 0. The van der Waals surface area contributed by atoms with E-state index in [4.69, 9.17) is 0 Å². The number of nitrogens with one attached hydrogen (secondary N) is 4. The van der Waals surface area contributed by atoms with E-state index in [9.17, 15) is 14.4 Å². The normalized spacial score (nSPS) is 11.7. The molecule has 1 atom stereocenters. The molecule has 0 saturated heterocycles. The Kier molecular flexibility index (Phi) is 8.41. The van der Waals surface area contributed by atoms with Crippen LogP contribution in [0.3, 0.4) is 0 Å². The van der Waals surface area contributed by atoms with E-state index in [-0.39, 0.29) is 23.7 Å². The minimum Gasteiger partial charge on any atom is -0.334 e. The van der Waals surface area contributed by atoms with Crippen LogP contribution in [0.25, 0.3) is 0 Å². The molecule has 0 aliphatic rings. The van der Waals surface area contributed by atoms with E-state index < -0.39 is 12.1 Å². The maximum atomic E-state index is 12.8. The van der Waals surface area contributed by atoms with Crippen LogP contribution in [0.4, 0.5) is 16.2 Å². The Hall–Kier alpha value is -3.35. The standard InChI is InChI=1S/C23H30N4O3/c1-15(2)20(27-23(30)24-14-17-9-6-5-7-10-17)22(29)26-19-12-8-11-18(13-19)25-21(28)16(3)4/h5-13,15-16,20H,14H2,1-4H3,(H,25,28)(H,26,29)(H2,24,27,30). The number of hydrogen-bond acceptors (Lipinski definition) is 3. The molecule has 7 heteroatoms. The van der Waals surface area contributed by atoms with Crippen LogP contribution in [0.2, 0.25) is 0 Å². The molecular formula is C23H30N4O3. The van der Waals surface area contributed by atoms with Gasteiger partial charge in [0.05, 0.1) is 0 Å². The molecule has 0 bridgehead atoms. The average Bonchev–Trinajstić information content (AvgIpc) is 2.71. The van der Waals surface area contributed by atoms with Gasteiger partial charge in [-0.15, -0.1) is 0 Å². The fourth-order valence-corrected chi connectivity index (χ4v) is 2.69. The van der Waals surface area contributed by atoms with Crippen molar-refractivity contribution in [2.75, 3.05) is 10.6 Å². The highest BCUT2D eigenvalue weighted by Gasteiger charge is 2.24. The molecule has 4 N–H and O–H groups in total. The molecule has 0 spiro atoms. The van der Waals surface area contributed by atoms with Crippen LogP contribution in [0.1, 0.15) is 33.3 Å². The Bertz CT molecular complexity index is 866. The van der Waals surface area contributed by atoms with Crippen molar-refractivity contribution in [2.45, 2.75) is 40.3 Å². The van der Waals surface area contributed by atoms with Gasteiger partial charge in [0.15, 0.2) is 0 Å². The predicted molar refractivity (Wildman–Crippen MR) is 119 cm³/mol. The lowest BCUT2D eigenvalue weighted by molar-refractivity contribution is -0.119. The van der Waals surface area contributed by atoms with E-state index in [1.165, 1.54) is 0 Å². The molecule has 30 heavy (non-hydrogen) atoms. The number of anilines is 2. The number of rotatable bonds is 8. The lowest BCUT2D eigenvalue weighted by Gasteiger charge is -2.22. The van der Waals surface area contributed by atoms with E-state index in [0.717, 1.165) is 5.56 Å². The Balaban J connectivity index is 1.96. The second kappa shape index (κ2) is 11.0. The molecule has 0 aliphatic heterocycles.